The SMILES string of the molecule is CC.CC(C)(C)C(=O)C(N)CSCc1ccccc1. The van der Waals surface area contributed by atoms with Crippen LogP contribution in [0.2, 0.25) is 0 Å². The Hall–Kier alpha value is -0.800. The summed E-state index contributed by atoms with van der Waals surface area (Å²) in [5, 5.41) is 0. The Bertz CT molecular complexity index is 357. The summed E-state index contributed by atoms with van der Waals surface area (Å²) < 4.78 is 0. The van der Waals surface area contributed by atoms with Gasteiger partial charge in [-0.3, -0.25) is 4.79 Å². The van der Waals surface area contributed by atoms with Crippen LogP contribution in [0.1, 0.15) is 40.2 Å². The van der Waals surface area contributed by atoms with E-state index in [2.05, 4.69) is 12.1 Å². The molecule has 1 aromatic carbocycles. The molecule has 0 amide bonds. The molecule has 0 spiro atoms. The zero-order chi connectivity index (χ0) is 14.9. The largest absolute Gasteiger partial charge is 0.321 e. The molecule has 0 aliphatic heterocycles. The second-order valence-corrected chi connectivity index (χ2v) is 6.25. The highest BCUT2D eigenvalue weighted by Crippen LogP contribution is 2.19. The molecule has 0 saturated carbocycles. The lowest BCUT2D eigenvalue weighted by Crippen LogP contribution is -2.40. The van der Waals surface area contributed by atoms with E-state index in [1.165, 1.54) is 5.56 Å². The molecule has 1 rings (SSSR count). The molecule has 0 saturated heterocycles. The minimum atomic E-state index is -0.358. The Morgan fingerprint density at radius 1 is 1.21 bits per heavy atom. The molecular weight excluding hydrogens is 254 g/mol. The molecule has 108 valence electrons. The predicted molar refractivity (Wildman–Crippen MR) is 86.4 cm³/mol. The molecule has 0 aromatic heterocycles. The van der Waals surface area contributed by atoms with E-state index in [9.17, 15) is 4.79 Å². The minimum Gasteiger partial charge on any atom is -0.321 e. The van der Waals surface area contributed by atoms with Crippen LogP contribution in [0, 0.1) is 5.41 Å². The van der Waals surface area contributed by atoms with Gasteiger partial charge in [-0.15, -0.1) is 0 Å². The van der Waals surface area contributed by atoms with E-state index in [0.717, 1.165) is 5.75 Å². The Balaban J connectivity index is 0.00000154. The average Bonchev–Trinajstić information content (AvgIpc) is 2.40. The highest BCUT2D eigenvalue weighted by Gasteiger charge is 2.26. The third kappa shape index (κ3) is 7.38. The summed E-state index contributed by atoms with van der Waals surface area (Å²) in [5.74, 6) is 1.73. The van der Waals surface area contributed by atoms with Gasteiger partial charge in [-0.1, -0.05) is 65.0 Å². The number of ketones is 1. The molecule has 3 heteroatoms. The van der Waals surface area contributed by atoms with Crippen LogP contribution in [0.5, 0.6) is 0 Å². The highest BCUT2D eigenvalue weighted by atomic mass is 32.2. The number of Topliss-reactive ketones (excluding diaryl/α,β-unsaturated/α-hetero) is 1. The number of thioether (sulfide) groups is 1. The van der Waals surface area contributed by atoms with Crippen molar-refractivity contribution in [1.82, 2.24) is 0 Å². The Morgan fingerprint density at radius 2 is 1.74 bits per heavy atom. The summed E-state index contributed by atoms with van der Waals surface area (Å²) in [6, 6.07) is 9.87. The van der Waals surface area contributed by atoms with Crippen LogP contribution < -0.4 is 5.73 Å². The number of carbonyl (C=O) groups excluding carboxylic acids is 1. The zero-order valence-electron chi connectivity index (χ0n) is 12.8. The highest BCUT2D eigenvalue weighted by molar-refractivity contribution is 7.98. The standard InChI is InChI=1S/C14H21NOS.C2H6/c1-14(2,3)13(16)12(15)10-17-9-11-7-5-4-6-8-11;1-2/h4-8,12H,9-10,15H2,1-3H3;1-2H3. The van der Waals surface area contributed by atoms with Crippen molar-refractivity contribution in [3.8, 4) is 0 Å². The van der Waals surface area contributed by atoms with Gasteiger partial charge in [0.1, 0.15) is 0 Å². The molecule has 19 heavy (non-hydrogen) atoms. The van der Waals surface area contributed by atoms with Crippen LogP contribution in [0.25, 0.3) is 0 Å². The van der Waals surface area contributed by atoms with Crippen molar-refractivity contribution in [2.75, 3.05) is 5.75 Å². The first kappa shape index (κ1) is 18.2. The zero-order valence-corrected chi connectivity index (χ0v) is 13.6. The lowest BCUT2D eigenvalue weighted by atomic mass is 9.87. The van der Waals surface area contributed by atoms with E-state index in [4.69, 9.17) is 5.73 Å². The monoisotopic (exact) mass is 281 g/mol. The van der Waals surface area contributed by atoms with Crippen molar-refractivity contribution in [2.24, 2.45) is 11.1 Å². The van der Waals surface area contributed by atoms with E-state index < -0.39 is 0 Å². The number of hydrogen-bond donors (Lipinski definition) is 1. The van der Waals surface area contributed by atoms with Crippen molar-refractivity contribution in [3.63, 3.8) is 0 Å². The maximum Gasteiger partial charge on any atom is 0.155 e. The van der Waals surface area contributed by atoms with Gasteiger partial charge in [-0.05, 0) is 5.56 Å². The number of nitrogens with two attached hydrogens (primary N) is 1. The molecular formula is C16H27NOS. The van der Waals surface area contributed by atoms with Gasteiger partial charge in [-0.25, -0.2) is 0 Å². The van der Waals surface area contributed by atoms with Crippen molar-refractivity contribution in [3.05, 3.63) is 35.9 Å². The molecule has 1 aromatic rings. The molecule has 0 bridgehead atoms. The summed E-state index contributed by atoms with van der Waals surface area (Å²) in [5.41, 5.74) is 6.83. The number of hydrogen-bond acceptors (Lipinski definition) is 3. The number of benzene rings is 1. The average molecular weight is 281 g/mol. The normalized spacial score (nSPS) is 12.3. The van der Waals surface area contributed by atoms with Gasteiger partial charge in [0.05, 0.1) is 6.04 Å². The summed E-state index contributed by atoms with van der Waals surface area (Å²) >= 11 is 1.71. The van der Waals surface area contributed by atoms with Gasteiger partial charge in [0, 0.05) is 16.9 Å². The lowest BCUT2D eigenvalue weighted by molar-refractivity contribution is -0.127. The lowest BCUT2D eigenvalue weighted by Gasteiger charge is -2.21. The van der Waals surface area contributed by atoms with E-state index in [1.54, 1.807) is 11.8 Å². The topological polar surface area (TPSA) is 43.1 Å². The van der Waals surface area contributed by atoms with E-state index in [0.29, 0.717) is 5.75 Å². The van der Waals surface area contributed by atoms with Crippen LogP contribution in [-0.4, -0.2) is 17.6 Å². The molecule has 1 atom stereocenters. The van der Waals surface area contributed by atoms with Gasteiger partial charge in [0.15, 0.2) is 5.78 Å². The molecule has 1 unspecified atom stereocenters. The summed E-state index contributed by atoms with van der Waals surface area (Å²) in [7, 11) is 0. The van der Waals surface area contributed by atoms with Crippen molar-refractivity contribution < 1.29 is 4.79 Å². The maximum absolute atomic E-state index is 11.9. The molecule has 0 heterocycles. The second-order valence-electron chi connectivity index (χ2n) is 5.22. The Kier molecular flexibility index (Phi) is 8.77. The summed E-state index contributed by atoms with van der Waals surface area (Å²) in [4.78, 5) is 11.9. The molecule has 0 radical (unpaired) electrons. The fourth-order valence-corrected chi connectivity index (χ4v) is 2.46. The summed E-state index contributed by atoms with van der Waals surface area (Å²) in [6.45, 7) is 9.74. The Labute approximate surface area is 122 Å². The second kappa shape index (κ2) is 9.16. The van der Waals surface area contributed by atoms with Gasteiger partial charge in [0.25, 0.3) is 0 Å². The van der Waals surface area contributed by atoms with Gasteiger partial charge >= 0.3 is 0 Å². The number of carbonyl (C=O) groups is 1. The molecule has 0 fully saturated rings. The molecule has 0 aliphatic carbocycles. The van der Waals surface area contributed by atoms with Crippen molar-refractivity contribution in [2.45, 2.75) is 46.4 Å². The van der Waals surface area contributed by atoms with Crippen LogP contribution in [0.15, 0.2) is 30.3 Å². The van der Waals surface area contributed by atoms with Crippen LogP contribution in [0.4, 0.5) is 0 Å². The van der Waals surface area contributed by atoms with Crippen LogP contribution in [-0.2, 0) is 10.5 Å². The van der Waals surface area contributed by atoms with E-state index >= 15 is 0 Å². The van der Waals surface area contributed by atoms with Crippen LogP contribution >= 0.6 is 11.8 Å². The fourth-order valence-electron chi connectivity index (χ4n) is 1.51. The van der Waals surface area contributed by atoms with E-state index in [1.807, 2.05) is 52.8 Å². The third-order valence-corrected chi connectivity index (χ3v) is 3.62. The minimum absolute atomic E-state index is 0.137. The molecule has 2 nitrogen and oxygen atoms in total. The van der Waals surface area contributed by atoms with Gasteiger partial charge in [-0.2, -0.15) is 11.8 Å². The first-order valence-corrected chi connectivity index (χ1v) is 7.98. The van der Waals surface area contributed by atoms with Crippen molar-refractivity contribution in [1.29, 1.82) is 0 Å². The number of rotatable bonds is 5. The first-order chi connectivity index (χ1) is 8.91. The fraction of sp³-hybridized carbons (Fsp3) is 0.562. The predicted octanol–water partition coefficient (Wildman–Crippen LogP) is 3.89. The maximum atomic E-state index is 11.9. The van der Waals surface area contributed by atoms with Crippen molar-refractivity contribution >= 4 is 17.5 Å². The molecule has 2 N–H and O–H groups in total. The smallest absolute Gasteiger partial charge is 0.155 e. The Morgan fingerprint density at radius 3 is 2.21 bits per heavy atom. The third-order valence-electron chi connectivity index (χ3n) is 2.48. The van der Waals surface area contributed by atoms with Crippen LogP contribution in [0.3, 0.4) is 0 Å². The van der Waals surface area contributed by atoms with E-state index in [-0.39, 0.29) is 17.2 Å². The van der Waals surface area contributed by atoms with Gasteiger partial charge < -0.3 is 5.73 Å². The van der Waals surface area contributed by atoms with Gasteiger partial charge in [0.2, 0.25) is 0 Å². The quantitative estimate of drug-likeness (QED) is 0.890. The summed E-state index contributed by atoms with van der Waals surface area (Å²) in [6.07, 6.45) is 0. The molecule has 0 aliphatic rings. The first-order valence-electron chi connectivity index (χ1n) is 6.83.